The molecule has 1 aliphatic carbocycles. The first kappa shape index (κ1) is 21.8. The van der Waals surface area contributed by atoms with E-state index in [0.717, 1.165) is 31.5 Å². The molecule has 0 atom stereocenters. The normalized spacial score (nSPS) is 19.7. The van der Waals surface area contributed by atoms with Crippen molar-refractivity contribution < 1.29 is 4.74 Å². The second-order valence-electron chi connectivity index (χ2n) is 8.59. The molecule has 0 bridgehead atoms. The lowest BCUT2D eigenvalue weighted by Crippen LogP contribution is -2.13. The largest absolute Gasteiger partial charge is 0.377 e. The van der Waals surface area contributed by atoms with Crippen molar-refractivity contribution in [2.24, 2.45) is 5.92 Å². The van der Waals surface area contributed by atoms with Crippen molar-refractivity contribution in [3.05, 3.63) is 71.8 Å². The van der Waals surface area contributed by atoms with Gasteiger partial charge >= 0.3 is 0 Å². The Bertz CT molecular complexity index is 718. The lowest BCUT2D eigenvalue weighted by atomic mass is 9.77. The highest BCUT2D eigenvalue weighted by Crippen LogP contribution is 2.38. The molecular weight excluding hydrogens is 352 g/mol. The topological polar surface area (TPSA) is 9.23 Å². The smallest absolute Gasteiger partial charge is 0.0716 e. The Hall–Kier alpha value is -1.86. The summed E-state index contributed by atoms with van der Waals surface area (Å²) in [5.74, 6) is 1.69. The number of hydrogen-bond acceptors (Lipinski definition) is 1. The third-order valence-electron chi connectivity index (χ3n) is 6.40. The molecule has 0 N–H and O–H groups in total. The molecule has 2 aromatic carbocycles. The highest BCUT2D eigenvalue weighted by Gasteiger charge is 2.21. The maximum Gasteiger partial charge on any atom is 0.0716 e. The van der Waals surface area contributed by atoms with E-state index in [9.17, 15) is 0 Å². The molecule has 1 aliphatic rings. The number of rotatable bonds is 10. The SMILES string of the molecule is C/C=C/CC[C@H]1CC[C@H](c2ccc(-c3ccc(COCCCC)cc3)cc2)CC1. The minimum absolute atomic E-state index is 0.719. The highest BCUT2D eigenvalue weighted by atomic mass is 16.5. The van der Waals surface area contributed by atoms with Crippen molar-refractivity contribution in [1.29, 1.82) is 0 Å². The average molecular weight is 391 g/mol. The van der Waals surface area contributed by atoms with Gasteiger partial charge < -0.3 is 4.74 Å². The maximum atomic E-state index is 5.72. The first-order valence-corrected chi connectivity index (χ1v) is 11.7. The summed E-state index contributed by atoms with van der Waals surface area (Å²) in [6.45, 7) is 5.90. The van der Waals surface area contributed by atoms with Gasteiger partial charge in [0.1, 0.15) is 0 Å². The molecule has 3 rings (SSSR count). The van der Waals surface area contributed by atoms with E-state index in [4.69, 9.17) is 4.74 Å². The van der Waals surface area contributed by atoms with Crippen LogP contribution in [-0.4, -0.2) is 6.61 Å². The zero-order chi connectivity index (χ0) is 20.3. The van der Waals surface area contributed by atoms with Gasteiger partial charge in [0.15, 0.2) is 0 Å². The van der Waals surface area contributed by atoms with Crippen LogP contribution in [0.1, 0.15) is 82.3 Å². The van der Waals surface area contributed by atoms with E-state index >= 15 is 0 Å². The second kappa shape index (κ2) is 12.0. The molecule has 0 saturated heterocycles. The molecule has 1 saturated carbocycles. The van der Waals surface area contributed by atoms with Crippen LogP contribution in [0.2, 0.25) is 0 Å². The van der Waals surface area contributed by atoms with Gasteiger partial charge in [0.05, 0.1) is 6.61 Å². The molecule has 0 aliphatic heterocycles. The second-order valence-corrected chi connectivity index (χ2v) is 8.59. The van der Waals surface area contributed by atoms with Crippen molar-refractivity contribution in [3.63, 3.8) is 0 Å². The lowest BCUT2D eigenvalue weighted by Gasteiger charge is -2.28. The number of benzene rings is 2. The minimum atomic E-state index is 0.719. The molecule has 0 radical (unpaired) electrons. The number of allylic oxidation sites excluding steroid dienone is 2. The van der Waals surface area contributed by atoms with E-state index in [2.05, 4.69) is 74.5 Å². The predicted molar refractivity (Wildman–Crippen MR) is 125 cm³/mol. The van der Waals surface area contributed by atoms with Gasteiger partial charge in [0, 0.05) is 6.61 Å². The Balaban J connectivity index is 1.50. The van der Waals surface area contributed by atoms with Crippen LogP contribution in [0.15, 0.2) is 60.7 Å². The Morgan fingerprint density at radius 1 is 0.897 bits per heavy atom. The van der Waals surface area contributed by atoms with E-state index < -0.39 is 0 Å². The zero-order valence-electron chi connectivity index (χ0n) is 18.4. The molecule has 1 heteroatoms. The van der Waals surface area contributed by atoms with Gasteiger partial charge in [-0.2, -0.15) is 0 Å². The Morgan fingerprint density at radius 2 is 1.55 bits per heavy atom. The summed E-state index contributed by atoms with van der Waals surface area (Å²) in [4.78, 5) is 0. The van der Waals surface area contributed by atoms with Crippen LogP contribution in [0, 0.1) is 5.92 Å². The molecule has 0 spiro atoms. The fourth-order valence-electron chi connectivity index (χ4n) is 4.46. The van der Waals surface area contributed by atoms with Crippen LogP contribution < -0.4 is 0 Å². The van der Waals surface area contributed by atoms with Crippen molar-refractivity contribution >= 4 is 0 Å². The Kier molecular flexibility index (Phi) is 9.02. The third kappa shape index (κ3) is 6.85. The maximum absolute atomic E-state index is 5.72. The van der Waals surface area contributed by atoms with Crippen LogP contribution in [0.3, 0.4) is 0 Å². The van der Waals surface area contributed by atoms with Crippen molar-refractivity contribution in [3.8, 4) is 11.1 Å². The molecule has 0 unspecified atom stereocenters. The fraction of sp³-hybridized carbons (Fsp3) is 0.500. The molecule has 1 fully saturated rings. The first-order valence-electron chi connectivity index (χ1n) is 11.7. The summed E-state index contributed by atoms with van der Waals surface area (Å²) >= 11 is 0. The molecule has 0 heterocycles. The zero-order valence-corrected chi connectivity index (χ0v) is 18.4. The summed E-state index contributed by atoms with van der Waals surface area (Å²) < 4.78 is 5.72. The van der Waals surface area contributed by atoms with Crippen LogP contribution in [0.5, 0.6) is 0 Å². The van der Waals surface area contributed by atoms with E-state index in [0.29, 0.717) is 0 Å². The predicted octanol–water partition coefficient (Wildman–Crippen LogP) is 8.30. The molecular formula is C28H38O. The highest BCUT2D eigenvalue weighted by molar-refractivity contribution is 5.64. The summed E-state index contributed by atoms with van der Waals surface area (Å²) in [5, 5.41) is 0. The van der Waals surface area contributed by atoms with Gasteiger partial charge in [-0.25, -0.2) is 0 Å². The molecule has 29 heavy (non-hydrogen) atoms. The van der Waals surface area contributed by atoms with Crippen LogP contribution >= 0.6 is 0 Å². The number of ether oxygens (including phenoxy) is 1. The summed E-state index contributed by atoms with van der Waals surface area (Å²) in [6, 6.07) is 18.2. The van der Waals surface area contributed by atoms with Gasteiger partial charge in [0.2, 0.25) is 0 Å². The Morgan fingerprint density at radius 3 is 2.17 bits per heavy atom. The summed E-state index contributed by atoms with van der Waals surface area (Å²) in [5.41, 5.74) is 5.39. The van der Waals surface area contributed by atoms with Gasteiger partial charge in [-0.3, -0.25) is 0 Å². The van der Waals surface area contributed by atoms with Gasteiger partial charge in [-0.05, 0) is 86.0 Å². The molecule has 0 aromatic heterocycles. The van der Waals surface area contributed by atoms with Crippen molar-refractivity contribution in [2.75, 3.05) is 6.61 Å². The van der Waals surface area contributed by atoms with Gasteiger partial charge in [-0.1, -0.05) is 74.0 Å². The van der Waals surface area contributed by atoms with Gasteiger partial charge in [0.25, 0.3) is 0 Å². The van der Waals surface area contributed by atoms with Crippen molar-refractivity contribution in [1.82, 2.24) is 0 Å². The van der Waals surface area contributed by atoms with E-state index in [-0.39, 0.29) is 0 Å². The molecule has 1 nitrogen and oxygen atoms in total. The Labute approximate surface area is 178 Å². The average Bonchev–Trinajstić information content (AvgIpc) is 2.78. The minimum Gasteiger partial charge on any atom is -0.377 e. The standard InChI is InChI=1S/C28H38O/c1-3-5-7-8-23-9-13-25(14-10-23)27-17-19-28(20-18-27)26-15-11-24(12-16-26)22-29-21-6-4-2/h3,5,11-12,15-20,23,25H,4,6-10,13-14,21-22H2,1-2H3/b5-3+/t23-,25-. The molecule has 156 valence electrons. The first-order chi connectivity index (χ1) is 14.3. The molecule has 2 aromatic rings. The van der Waals surface area contributed by atoms with Crippen LogP contribution in [-0.2, 0) is 11.3 Å². The number of unbranched alkanes of at least 4 members (excludes halogenated alkanes) is 1. The van der Waals surface area contributed by atoms with E-state index in [1.54, 1.807) is 0 Å². The van der Waals surface area contributed by atoms with Gasteiger partial charge in [-0.15, -0.1) is 0 Å². The monoisotopic (exact) mass is 390 g/mol. The van der Waals surface area contributed by atoms with Crippen LogP contribution in [0.25, 0.3) is 11.1 Å². The number of hydrogen-bond donors (Lipinski definition) is 0. The van der Waals surface area contributed by atoms with E-state index in [1.165, 1.54) is 67.2 Å². The van der Waals surface area contributed by atoms with E-state index in [1.807, 2.05) is 0 Å². The third-order valence-corrected chi connectivity index (χ3v) is 6.40. The molecule has 0 amide bonds. The fourth-order valence-corrected chi connectivity index (χ4v) is 4.46. The summed E-state index contributed by atoms with van der Waals surface area (Å²) in [6.07, 6.45) is 14.9. The summed E-state index contributed by atoms with van der Waals surface area (Å²) in [7, 11) is 0. The quantitative estimate of drug-likeness (QED) is 0.293. The van der Waals surface area contributed by atoms with Crippen molar-refractivity contribution in [2.45, 2.75) is 77.7 Å². The lowest BCUT2D eigenvalue weighted by molar-refractivity contribution is 0.118. The van der Waals surface area contributed by atoms with Crippen LogP contribution in [0.4, 0.5) is 0 Å².